The van der Waals surface area contributed by atoms with Gasteiger partial charge in [-0.3, -0.25) is 0 Å². The summed E-state index contributed by atoms with van der Waals surface area (Å²) in [5.74, 6) is 0. The zero-order valence-electron chi connectivity index (χ0n) is 14.6. The third kappa shape index (κ3) is 39.8. The molecule has 0 saturated carbocycles. The molecule has 0 aliphatic rings. The molecule has 0 rings (SSSR count). The van der Waals surface area contributed by atoms with E-state index in [1.54, 1.807) is 13.0 Å². The fraction of sp³-hybridized carbons (Fsp3) is 0.846. The van der Waals surface area contributed by atoms with Crippen LogP contribution in [0.15, 0.2) is 12.3 Å². The van der Waals surface area contributed by atoms with E-state index in [0.717, 1.165) is 12.8 Å². The van der Waals surface area contributed by atoms with Crippen molar-refractivity contribution in [2.24, 2.45) is 0 Å². The molecule has 11 nitrogen and oxygen atoms in total. The van der Waals surface area contributed by atoms with Gasteiger partial charge in [0.25, 0.3) is 0 Å². The minimum absolute atomic E-state index is 0.425. The standard InChI is InChI=1S/C13H26O7.H3O4P/c1-3-5-6-7-8-9-10-11-13-15-17-19-20-18-16-14-12-4-2;1-5(2,3)4/h4,12H,3,5-11,13H2,1-2H3;(H3,1,2,3,4). The van der Waals surface area contributed by atoms with Gasteiger partial charge in [0.05, 0.1) is 6.61 Å². The van der Waals surface area contributed by atoms with Crippen molar-refractivity contribution in [2.45, 2.75) is 65.2 Å². The Morgan fingerprint density at radius 2 is 1.28 bits per heavy atom. The molecule has 0 atom stereocenters. The third-order valence-electron chi connectivity index (χ3n) is 2.47. The Morgan fingerprint density at radius 3 is 1.84 bits per heavy atom. The van der Waals surface area contributed by atoms with Crippen molar-refractivity contribution in [3.8, 4) is 0 Å². The van der Waals surface area contributed by atoms with Crippen molar-refractivity contribution in [1.82, 2.24) is 0 Å². The normalized spacial score (nSPS) is 11.4. The van der Waals surface area contributed by atoms with Gasteiger partial charge < -0.3 is 19.6 Å². The topological polar surface area (TPSA) is 142 Å². The number of phosphoric acid groups is 1. The summed E-state index contributed by atoms with van der Waals surface area (Å²) in [6, 6.07) is 0. The summed E-state index contributed by atoms with van der Waals surface area (Å²) in [5, 5.41) is 20.1. The summed E-state index contributed by atoms with van der Waals surface area (Å²) < 4.78 is 8.88. The van der Waals surface area contributed by atoms with E-state index in [2.05, 4.69) is 41.9 Å². The lowest BCUT2D eigenvalue weighted by molar-refractivity contribution is -0.786. The van der Waals surface area contributed by atoms with E-state index >= 15 is 0 Å². The van der Waals surface area contributed by atoms with E-state index in [1.807, 2.05) is 0 Å². The van der Waals surface area contributed by atoms with Crippen LogP contribution in [0.3, 0.4) is 0 Å². The first kappa shape index (κ1) is 26.6. The largest absolute Gasteiger partial charge is 0.466 e. The molecule has 0 radical (unpaired) electrons. The summed E-state index contributed by atoms with van der Waals surface area (Å²) in [5.41, 5.74) is 0. The number of hydrogen-bond donors (Lipinski definition) is 3. The van der Waals surface area contributed by atoms with E-state index in [1.165, 1.54) is 44.8 Å². The maximum atomic E-state index is 8.88. The highest BCUT2D eigenvalue weighted by Gasteiger charge is 2.00. The molecule has 0 saturated heterocycles. The summed E-state index contributed by atoms with van der Waals surface area (Å²) >= 11 is 0. The fourth-order valence-corrected chi connectivity index (χ4v) is 1.48. The summed E-state index contributed by atoms with van der Waals surface area (Å²) in [6.45, 7) is 4.38. The molecule has 0 heterocycles. The number of rotatable bonds is 16. The molecule has 0 spiro atoms. The second-order valence-corrected chi connectivity index (χ2v) is 5.74. The van der Waals surface area contributed by atoms with Crippen LogP contribution in [-0.4, -0.2) is 21.3 Å². The highest BCUT2D eigenvalue weighted by atomic mass is 31.2. The van der Waals surface area contributed by atoms with Crippen molar-refractivity contribution >= 4 is 7.82 Å². The molecule has 0 aromatic carbocycles. The van der Waals surface area contributed by atoms with E-state index in [9.17, 15) is 0 Å². The van der Waals surface area contributed by atoms with Gasteiger partial charge in [0.2, 0.25) is 0 Å². The maximum Gasteiger partial charge on any atom is 0.466 e. The Balaban J connectivity index is 0. The first-order valence-electron chi connectivity index (χ1n) is 7.92. The molecule has 0 amide bonds. The van der Waals surface area contributed by atoms with E-state index in [-0.39, 0.29) is 0 Å². The average Bonchev–Trinajstić information content (AvgIpc) is 2.53. The second kappa shape index (κ2) is 21.5. The number of unbranched alkanes of at least 4 members (excludes halogenated alkanes) is 7. The molecule has 25 heavy (non-hydrogen) atoms. The van der Waals surface area contributed by atoms with Crippen LogP contribution < -0.4 is 0 Å². The Hall–Kier alpha value is -0.590. The molecule has 12 heteroatoms. The van der Waals surface area contributed by atoms with Gasteiger partial charge in [-0.25, -0.2) is 9.45 Å². The van der Waals surface area contributed by atoms with Crippen LogP contribution >= 0.6 is 7.82 Å². The molecule has 0 bridgehead atoms. The van der Waals surface area contributed by atoms with E-state index in [0.29, 0.717) is 6.61 Å². The van der Waals surface area contributed by atoms with Gasteiger partial charge in [0.1, 0.15) is 6.26 Å². The molecule has 0 aromatic rings. The highest BCUT2D eigenvalue weighted by molar-refractivity contribution is 7.45. The van der Waals surface area contributed by atoms with Crippen molar-refractivity contribution in [1.29, 1.82) is 0 Å². The molecular formula is C13H29O11P. The second-order valence-electron chi connectivity index (χ2n) is 4.72. The Bertz CT molecular complexity index is 313. The molecule has 0 fully saturated rings. The zero-order valence-corrected chi connectivity index (χ0v) is 15.5. The van der Waals surface area contributed by atoms with Crippen LogP contribution in [-0.2, 0) is 39.5 Å². The van der Waals surface area contributed by atoms with Crippen molar-refractivity contribution < 1.29 is 54.2 Å². The lowest BCUT2D eigenvalue weighted by Gasteiger charge is -2.02. The number of hydrogen-bond acceptors (Lipinski definition) is 8. The van der Waals surface area contributed by atoms with E-state index in [4.69, 9.17) is 19.2 Å². The van der Waals surface area contributed by atoms with Gasteiger partial charge in [-0.05, 0) is 29.5 Å². The van der Waals surface area contributed by atoms with Crippen LogP contribution in [0.2, 0.25) is 0 Å². The van der Waals surface area contributed by atoms with Crippen LogP contribution in [0.25, 0.3) is 0 Å². The molecule has 0 aliphatic heterocycles. The van der Waals surface area contributed by atoms with Crippen molar-refractivity contribution in [3.63, 3.8) is 0 Å². The Morgan fingerprint density at radius 1 is 0.800 bits per heavy atom. The van der Waals surface area contributed by atoms with Crippen molar-refractivity contribution in [2.75, 3.05) is 6.61 Å². The minimum atomic E-state index is -4.64. The van der Waals surface area contributed by atoms with Crippen LogP contribution in [0.5, 0.6) is 0 Å². The van der Waals surface area contributed by atoms with Gasteiger partial charge in [-0.15, -0.1) is 0 Å². The Kier molecular flexibility index (Phi) is 22.9. The van der Waals surface area contributed by atoms with Crippen molar-refractivity contribution in [3.05, 3.63) is 12.3 Å². The summed E-state index contributed by atoms with van der Waals surface area (Å²) in [6.07, 6.45) is 12.6. The van der Waals surface area contributed by atoms with Crippen LogP contribution in [0.4, 0.5) is 0 Å². The van der Waals surface area contributed by atoms with Crippen LogP contribution in [0, 0.1) is 0 Å². The molecule has 0 unspecified atom stereocenters. The lowest BCUT2D eigenvalue weighted by atomic mass is 10.1. The smallest absolute Gasteiger partial charge is 0.314 e. The first-order valence-corrected chi connectivity index (χ1v) is 9.49. The number of allylic oxidation sites excluding steroid dienone is 1. The first-order chi connectivity index (χ1) is 11.9. The minimum Gasteiger partial charge on any atom is -0.314 e. The molecule has 0 aliphatic carbocycles. The third-order valence-corrected chi connectivity index (χ3v) is 2.47. The monoisotopic (exact) mass is 392 g/mol. The quantitative estimate of drug-likeness (QED) is 0.117. The zero-order chi connectivity index (χ0) is 19.2. The lowest BCUT2D eigenvalue weighted by Crippen LogP contribution is -2.01. The maximum absolute atomic E-state index is 8.88. The average molecular weight is 392 g/mol. The predicted molar refractivity (Wildman–Crippen MR) is 84.1 cm³/mol. The fourth-order valence-electron chi connectivity index (χ4n) is 1.48. The molecule has 152 valence electrons. The van der Waals surface area contributed by atoms with Gasteiger partial charge in [0, 0.05) is 15.1 Å². The molecular weight excluding hydrogens is 363 g/mol. The van der Waals surface area contributed by atoms with E-state index < -0.39 is 7.82 Å². The van der Waals surface area contributed by atoms with Crippen LogP contribution in [0.1, 0.15) is 65.2 Å². The van der Waals surface area contributed by atoms with Gasteiger partial charge in [-0.1, -0.05) is 51.9 Å². The van der Waals surface area contributed by atoms with Gasteiger partial charge in [0.15, 0.2) is 0 Å². The summed E-state index contributed by atoms with van der Waals surface area (Å²) in [7, 11) is -4.64. The Labute approximate surface area is 147 Å². The molecule has 0 aromatic heterocycles. The predicted octanol–water partition coefficient (Wildman–Crippen LogP) is 3.34. The SMILES string of the molecule is CC=COOOOOOOCCCCCCCCCC.O=P(O)(O)O. The van der Waals surface area contributed by atoms with Gasteiger partial charge >= 0.3 is 7.82 Å². The van der Waals surface area contributed by atoms with Gasteiger partial charge in [-0.2, -0.15) is 0 Å². The summed E-state index contributed by atoms with van der Waals surface area (Å²) in [4.78, 5) is 30.5. The molecule has 3 N–H and O–H groups in total. The highest BCUT2D eigenvalue weighted by Crippen LogP contribution is 2.25.